The minimum Gasteiger partial charge on any atom is -0.316 e. The van der Waals surface area contributed by atoms with Crippen LogP contribution in [-0.2, 0) is 0 Å². The fraction of sp³-hybridized carbons (Fsp3) is 0.846. The smallest absolute Gasteiger partial charge is 0.00173 e. The molecular weight excluding hydrogens is 170 g/mol. The summed E-state index contributed by atoms with van der Waals surface area (Å²) in [6.07, 6.45) is 6.99. The van der Waals surface area contributed by atoms with Crippen LogP contribution in [0, 0.1) is 11.8 Å². The molecular formula is C13H23N. The second-order valence-electron chi connectivity index (χ2n) is 5.18. The predicted molar refractivity (Wildman–Crippen MR) is 61.3 cm³/mol. The second kappa shape index (κ2) is 4.48. The van der Waals surface area contributed by atoms with Gasteiger partial charge in [0.25, 0.3) is 0 Å². The molecule has 1 nitrogen and oxygen atoms in total. The molecule has 0 spiro atoms. The number of rotatable bonds is 1. The zero-order valence-electron chi connectivity index (χ0n) is 9.60. The highest BCUT2D eigenvalue weighted by Crippen LogP contribution is 2.33. The van der Waals surface area contributed by atoms with Crippen LogP contribution in [0.3, 0.4) is 0 Å². The van der Waals surface area contributed by atoms with E-state index in [4.69, 9.17) is 0 Å². The normalized spacial score (nSPS) is 37.3. The molecule has 0 aromatic heterocycles. The average molecular weight is 193 g/mol. The van der Waals surface area contributed by atoms with Crippen LogP contribution in [0.1, 0.15) is 46.0 Å². The fourth-order valence-corrected chi connectivity index (χ4v) is 2.96. The first kappa shape index (κ1) is 10.2. The lowest BCUT2D eigenvalue weighted by molar-refractivity contribution is 0.444. The van der Waals surface area contributed by atoms with E-state index >= 15 is 0 Å². The van der Waals surface area contributed by atoms with Gasteiger partial charge in [-0.15, -0.1) is 0 Å². The van der Waals surface area contributed by atoms with E-state index in [1.807, 2.05) is 0 Å². The molecule has 1 heterocycles. The van der Waals surface area contributed by atoms with Crippen molar-refractivity contribution < 1.29 is 0 Å². The van der Waals surface area contributed by atoms with E-state index in [1.165, 1.54) is 45.2 Å². The molecule has 1 saturated heterocycles. The fourth-order valence-electron chi connectivity index (χ4n) is 2.96. The summed E-state index contributed by atoms with van der Waals surface area (Å²) in [5, 5.41) is 3.47. The molecule has 0 radical (unpaired) electrons. The Kier molecular flexibility index (Phi) is 3.27. The van der Waals surface area contributed by atoms with E-state index < -0.39 is 0 Å². The minimum atomic E-state index is 0.857. The molecule has 2 rings (SSSR count). The van der Waals surface area contributed by atoms with Crippen molar-refractivity contribution in [2.75, 3.05) is 13.1 Å². The summed E-state index contributed by atoms with van der Waals surface area (Å²) in [4.78, 5) is 0. The maximum Gasteiger partial charge on any atom is 0.00173 e. The van der Waals surface area contributed by atoms with Gasteiger partial charge in [-0.3, -0.25) is 0 Å². The van der Waals surface area contributed by atoms with E-state index in [0.29, 0.717) is 0 Å². The highest BCUT2D eigenvalue weighted by molar-refractivity contribution is 5.18. The summed E-state index contributed by atoms with van der Waals surface area (Å²) in [5.74, 6) is 1.79. The SMILES string of the molecule is C/C(=C1\CCCC(C)C1)C1CCNC1. The number of hydrogen-bond acceptors (Lipinski definition) is 1. The van der Waals surface area contributed by atoms with E-state index in [2.05, 4.69) is 19.2 Å². The van der Waals surface area contributed by atoms with Crippen molar-refractivity contribution >= 4 is 0 Å². The monoisotopic (exact) mass is 193 g/mol. The Hall–Kier alpha value is -0.300. The highest BCUT2D eigenvalue weighted by atomic mass is 14.9. The van der Waals surface area contributed by atoms with Crippen molar-refractivity contribution in [3.05, 3.63) is 11.1 Å². The van der Waals surface area contributed by atoms with Crippen LogP contribution in [-0.4, -0.2) is 13.1 Å². The Balaban J connectivity index is 2.04. The van der Waals surface area contributed by atoms with Gasteiger partial charge in [0, 0.05) is 6.54 Å². The van der Waals surface area contributed by atoms with Gasteiger partial charge in [-0.1, -0.05) is 24.5 Å². The average Bonchev–Trinajstić information content (AvgIpc) is 2.69. The van der Waals surface area contributed by atoms with Crippen LogP contribution in [0.25, 0.3) is 0 Å². The molecule has 0 aromatic carbocycles. The molecule has 1 N–H and O–H groups in total. The van der Waals surface area contributed by atoms with Crippen molar-refractivity contribution in [3.63, 3.8) is 0 Å². The molecule has 80 valence electrons. The van der Waals surface area contributed by atoms with Crippen molar-refractivity contribution in [3.8, 4) is 0 Å². The molecule has 1 aliphatic carbocycles. The molecule has 1 saturated carbocycles. The predicted octanol–water partition coefficient (Wildman–Crippen LogP) is 3.12. The number of hydrogen-bond donors (Lipinski definition) is 1. The molecule has 0 aromatic rings. The summed E-state index contributed by atoms with van der Waals surface area (Å²) in [6, 6.07) is 0. The Morgan fingerprint density at radius 2 is 2.21 bits per heavy atom. The van der Waals surface area contributed by atoms with Gasteiger partial charge in [-0.05, 0) is 51.0 Å². The van der Waals surface area contributed by atoms with Crippen LogP contribution in [0.5, 0.6) is 0 Å². The second-order valence-corrected chi connectivity index (χ2v) is 5.18. The lowest BCUT2D eigenvalue weighted by Gasteiger charge is -2.24. The van der Waals surface area contributed by atoms with Gasteiger partial charge in [0.1, 0.15) is 0 Å². The number of nitrogens with one attached hydrogen (secondary N) is 1. The summed E-state index contributed by atoms with van der Waals surface area (Å²) in [5.41, 5.74) is 3.51. The van der Waals surface area contributed by atoms with Gasteiger partial charge in [-0.2, -0.15) is 0 Å². The van der Waals surface area contributed by atoms with E-state index in [-0.39, 0.29) is 0 Å². The maximum absolute atomic E-state index is 3.47. The molecule has 2 unspecified atom stereocenters. The minimum absolute atomic E-state index is 0.857. The van der Waals surface area contributed by atoms with Crippen molar-refractivity contribution in [1.82, 2.24) is 5.32 Å². The third-order valence-electron chi connectivity index (χ3n) is 4.00. The molecule has 14 heavy (non-hydrogen) atoms. The lowest BCUT2D eigenvalue weighted by Crippen LogP contribution is -2.13. The molecule has 0 amide bonds. The first-order valence-electron chi connectivity index (χ1n) is 6.16. The first-order valence-corrected chi connectivity index (χ1v) is 6.16. The van der Waals surface area contributed by atoms with Crippen LogP contribution in [0.15, 0.2) is 11.1 Å². The summed E-state index contributed by atoms with van der Waals surface area (Å²) < 4.78 is 0. The van der Waals surface area contributed by atoms with Gasteiger partial charge in [0.2, 0.25) is 0 Å². The zero-order valence-corrected chi connectivity index (χ0v) is 9.60. The molecule has 2 aliphatic rings. The Morgan fingerprint density at radius 3 is 2.86 bits per heavy atom. The van der Waals surface area contributed by atoms with E-state index in [9.17, 15) is 0 Å². The molecule has 2 atom stereocenters. The molecule has 1 heteroatoms. The molecule has 1 aliphatic heterocycles. The summed E-state index contributed by atoms with van der Waals surface area (Å²) in [7, 11) is 0. The van der Waals surface area contributed by atoms with Crippen LogP contribution < -0.4 is 5.32 Å². The largest absolute Gasteiger partial charge is 0.316 e. The van der Waals surface area contributed by atoms with Crippen molar-refractivity contribution in [1.29, 1.82) is 0 Å². The Bertz CT molecular complexity index is 223. The highest BCUT2D eigenvalue weighted by Gasteiger charge is 2.21. The first-order chi connectivity index (χ1) is 6.77. The van der Waals surface area contributed by atoms with Gasteiger partial charge in [0.05, 0.1) is 0 Å². The quantitative estimate of drug-likeness (QED) is 0.631. The van der Waals surface area contributed by atoms with E-state index in [1.54, 1.807) is 11.1 Å². The Morgan fingerprint density at radius 1 is 1.36 bits per heavy atom. The van der Waals surface area contributed by atoms with Gasteiger partial charge >= 0.3 is 0 Å². The van der Waals surface area contributed by atoms with Crippen molar-refractivity contribution in [2.45, 2.75) is 46.0 Å². The third kappa shape index (κ3) is 2.20. The van der Waals surface area contributed by atoms with Gasteiger partial charge in [-0.25, -0.2) is 0 Å². The van der Waals surface area contributed by atoms with Crippen molar-refractivity contribution in [2.24, 2.45) is 11.8 Å². The number of allylic oxidation sites excluding steroid dienone is 1. The van der Waals surface area contributed by atoms with Crippen LogP contribution in [0.4, 0.5) is 0 Å². The standard InChI is InChI=1S/C13H23N/c1-10-4-3-5-12(8-10)11(2)13-6-7-14-9-13/h10,13-14H,3-9H2,1-2H3/b12-11-. The summed E-state index contributed by atoms with van der Waals surface area (Å²) in [6.45, 7) is 7.24. The maximum atomic E-state index is 3.47. The van der Waals surface area contributed by atoms with Gasteiger partial charge < -0.3 is 5.32 Å². The van der Waals surface area contributed by atoms with Crippen LogP contribution >= 0.6 is 0 Å². The topological polar surface area (TPSA) is 12.0 Å². The Labute approximate surface area is 88.0 Å². The van der Waals surface area contributed by atoms with Gasteiger partial charge in [0.15, 0.2) is 0 Å². The third-order valence-corrected chi connectivity index (χ3v) is 4.00. The molecule has 2 fully saturated rings. The molecule has 0 bridgehead atoms. The van der Waals surface area contributed by atoms with E-state index in [0.717, 1.165) is 11.8 Å². The van der Waals surface area contributed by atoms with Crippen LogP contribution in [0.2, 0.25) is 0 Å². The zero-order chi connectivity index (χ0) is 9.97. The lowest BCUT2D eigenvalue weighted by atomic mass is 9.81. The summed E-state index contributed by atoms with van der Waals surface area (Å²) >= 11 is 0.